The monoisotopic (exact) mass is 490 g/mol. The van der Waals surface area contributed by atoms with Gasteiger partial charge in [0.25, 0.3) is 0 Å². The van der Waals surface area contributed by atoms with Gasteiger partial charge in [-0.25, -0.2) is 9.98 Å². The van der Waals surface area contributed by atoms with Crippen molar-refractivity contribution in [2.24, 2.45) is 25.9 Å². The molecule has 1 aliphatic rings. The summed E-state index contributed by atoms with van der Waals surface area (Å²) in [5, 5.41) is 9.52. The molecule has 8 nitrogen and oxygen atoms in total. The zero-order valence-corrected chi connectivity index (χ0v) is 19.7. The van der Waals surface area contributed by atoms with Gasteiger partial charge < -0.3 is 15.4 Å². The van der Waals surface area contributed by atoms with Gasteiger partial charge in [0.2, 0.25) is 0 Å². The van der Waals surface area contributed by atoms with E-state index >= 15 is 0 Å². The van der Waals surface area contributed by atoms with Gasteiger partial charge in [-0.3, -0.25) is 4.94 Å². The number of hydrogen-bond donors (Lipinski definition) is 1. The summed E-state index contributed by atoms with van der Waals surface area (Å²) in [5.41, 5.74) is 9.30. The van der Waals surface area contributed by atoms with Gasteiger partial charge in [0.15, 0.2) is 10.9 Å². The molecule has 4 rings (SSSR count). The van der Waals surface area contributed by atoms with Gasteiger partial charge in [0.05, 0.1) is 19.0 Å². The number of nitrogens with zero attached hydrogens (tertiary/aromatic N) is 5. The molecule has 2 N–H and O–H groups in total. The molecule has 1 aliphatic heterocycles. The Bertz CT molecular complexity index is 1260. The molecule has 0 radical (unpaired) electrons. The number of amidine groups is 2. The molecule has 1 fully saturated rings. The number of halogens is 1. The highest BCUT2D eigenvalue weighted by Gasteiger charge is 2.21. The zero-order chi connectivity index (χ0) is 24.5. The smallest absolute Gasteiger partial charge is 0.190 e. The van der Waals surface area contributed by atoms with Crippen molar-refractivity contribution >= 4 is 46.7 Å². The molecule has 0 aliphatic carbocycles. The van der Waals surface area contributed by atoms with E-state index in [1.807, 2.05) is 48.5 Å². The van der Waals surface area contributed by atoms with Crippen LogP contribution in [0.3, 0.4) is 0 Å². The van der Waals surface area contributed by atoms with E-state index in [0.717, 1.165) is 40.0 Å². The van der Waals surface area contributed by atoms with Crippen LogP contribution in [0.2, 0.25) is 0 Å². The first-order valence-corrected chi connectivity index (χ1v) is 11.6. The number of ether oxygens (including phenoxy) is 1. The van der Waals surface area contributed by atoms with E-state index in [2.05, 4.69) is 30.0 Å². The molecule has 0 amide bonds. The molecule has 1 saturated heterocycles. The van der Waals surface area contributed by atoms with Gasteiger partial charge in [-0.2, -0.15) is 5.10 Å². The lowest BCUT2D eigenvalue weighted by Gasteiger charge is -2.17. The predicted molar refractivity (Wildman–Crippen MR) is 141 cm³/mol. The van der Waals surface area contributed by atoms with E-state index in [-0.39, 0.29) is 5.75 Å². The van der Waals surface area contributed by atoms with Crippen LogP contribution in [0.5, 0.6) is 11.5 Å². The molecule has 3 aromatic carbocycles. The second-order valence-electron chi connectivity index (χ2n) is 7.28. The minimum atomic E-state index is 0.109. The maximum Gasteiger partial charge on any atom is 0.190 e. The lowest BCUT2D eigenvalue weighted by Crippen LogP contribution is -2.23. The molecule has 10 heteroatoms. The minimum absolute atomic E-state index is 0.109. The van der Waals surface area contributed by atoms with Crippen molar-refractivity contribution in [2.45, 2.75) is 0 Å². The number of aliphatic imine (C=N–C) groups is 2. The lowest BCUT2D eigenvalue weighted by molar-refractivity contribution is -0.00618. The third kappa shape index (κ3) is 6.45. The number of methoxy groups -OCH3 is 1. The van der Waals surface area contributed by atoms with Crippen LogP contribution < -0.4 is 20.3 Å². The van der Waals surface area contributed by atoms with Crippen molar-refractivity contribution in [1.82, 2.24) is 0 Å². The molecule has 3 aromatic rings. The average Bonchev–Trinajstić information content (AvgIpc) is 3.38. The van der Waals surface area contributed by atoms with Gasteiger partial charge >= 0.3 is 0 Å². The van der Waals surface area contributed by atoms with Crippen molar-refractivity contribution in [3.63, 3.8) is 0 Å². The highest BCUT2D eigenvalue weighted by molar-refractivity contribution is 8.14. The summed E-state index contributed by atoms with van der Waals surface area (Å²) in [4.78, 5) is 14.1. The average molecular weight is 491 g/mol. The van der Waals surface area contributed by atoms with Crippen molar-refractivity contribution in [3.05, 3.63) is 83.9 Å². The molecule has 0 unspecified atom stereocenters. The summed E-state index contributed by atoms with van der Waals surface area (Å²) in [6.07, 6.45) is 3.04. The fourth-order valence-electron chi connectivity index (χ4n) is 3.20. The molecular formula is C25H23FN6O2S. The van der Waals surface area contributed by atoms with Crippen LogP contribution in [0.1, 0.15) is 11.1 Å². The second-order valence-corrected chi connectivity index (χ2v) is 8.34. The number of thioether (sulfide) groups is 1. The molecule has 0 saturated carbocycles. The summed E-state index contributed by atoms with van der Waals surface area (Å²) in [6.45, 7) is 0.861. The van der Waals surface area contributed by atoms with Gasteiger partial charge in [-0.15, -0.1) is 5.10 Å². The van der Waals surface area contributed by atoms with Crippen molar-refractivity contribution < 1.29 is 14.2 Å². The van der Waals surface area contributed by atoms with Crippen LogP contribution in [0.4, 0.5) is 15.9 Å². The van der Waals surface area contributed by atoms with Crippen molar-refractivity contribution in [2.75, 3.05) is 24.3 Å². The van der Waals surface area contributed by atoms with Crippen molar-refractivity contribution in [3.8, 4) is 11.5 Å². The van der Waals surface area contributed by atoms with E-state index in [4.69, 9.17) is 10.5 Å². The summed E-state index contributed by atoms with van der Waals surface area (Å²) in [7, 11) is 1.65. The first-order chi connectivity index (χ1) is 17.2. The Morgan fingerprint density at radius 3 is 2.60 bits per heavy atom. The second kappa shape index (κ2) is 11.8. The Kier molecular flexibility index (Phi) is 8.08. The van der Waals surface area contributed by atoms with E-state index in [0.29, 0.717) is 11.5 Å². The third-order valence-electron chi connectivity index (χ3n) is 5.03. The SMILES string of the molecule is COc1cccc(N2CCS/C2=N\N=C\c2ccc(C(N)=NC=Nc3ccc(OF)cc3)cc2)c1. The molecule has 178 valence electrons. The topological polar surface area (TPSA) is 97.2 Å². The molecular weight excluding hydrogens is 467 g/mol. The van der Waals surface area contributed by atoms with Gasteiger partial charge in [-0.1, -0.05) is 42.1 Å². The first kappa shape index (κ1) is 24.0. The Balaban J connectivity index is 1.38. The highest BCUT2D eigenvalue weighted by atomic mass is 32.2. The summed E-state index contributed by atoms with van der Waals surface area (Å²) in [5.74, 6) is 2.17. The van der Waals surface area contributed by atoms with Crippen LogP contribution in [0, 0.1) is 0 Å². The van der Waals surface area contributed by atoms with E-state index in [9.17, 15) is 4.53 Å². The van der Waals surface area contributed by atoms with E-state index in [1.54, 1.807) is 37.2 Å². The Morgan fingerprint density at radius 2 is 1.86 bits per heavy atom. The van der Waals surface area contributed by atoms with E-state index < -0.39 is 0 Å². The largest absolute Gasteiger partial charge is 0.497 e. The number of hydrogen-bond acceptors (Lipinski definition) is 6. The normalized spacial score (nSPS) is 15.4. The molecule has 0 bridgehead atoms. The number of rotatable bonds is 8. The summed E-state index contributed by atoms with van der Waals surface area (Å²) >= 11 is 1.66. The van der Waals surface area contributed by atoms with E-state index in [1.165, 1.54) is 18.5 Å². The number of nitrogens with two attached hydrogens (primary N) is 1. The summed E-state index contributed by atoms with van der Waals surface area (Å²) < 4.78 is 17.4. The quantitative estimate of drug-likeness (QED) is 0.273. The van der Waals surface area contributed by atoms with Gasteiger partial charge in [0, 0.05) is 34.1 Å². The van der Waals surface area contributed by atoms with Crippen LogP contribution >= 0.6 is 11.8 Å². The standard InChI is InChI=1S/C25H23FN6O2S/c1-33-23-4-2-3-21(15-23)32-13-14-35-25(32)31-30-16-18-5-7-19(8-6-18)24(27)29-17-28-20-9-11-22(34-26)12-10-20/h2-12,15-17H,13-14H2,1H3,(H2,27,28,29)/b30-16+,31-25-. The lowest BCUT2D eigenvalue weighted by atomic mass is 10.1. The van der Waals surface area contributed by atoms with Crippen LogP contribution in [-0.2, 0) is 0 Å². The Morgan fingerprint density at radius 1 is 1.06 bits per heavy atom. The number of anilines is 1. The van der Waals surface area contributed by atoms with Crippen molar-refractivity contribution in [1.29, 1.82) is 0 Å². The molecule has 1 heterocycles. The minimum Gasteiger partial charge on any atom is -0.497 e. The molecule has 0 aromatic heterocycles. The molecule has 0 spiro atoms. The molecule has 35 heavy (non-hydrogen) atoms. The Labute approximate surface area is 206 Å². The van der Waals surface area contributed by atoms with Crippen LogP contribution in [0.15, 0.2) is 93.0 Å². The Hall–Kier alpha value is -4.18. The first-order valence-electron chi connectivity index (χ1n) is 10.7. The fourth-order valence-corrected chi connectivity index (χ4v) is 4.12. The summed E-state index contributed by atoms with van der Waals surface area (Å²) in [6, 6.07) is 21.5. The number of benzene rings is 3. The van der Waals surface area contributed by atoms with Gasteiger partial charge in [-0.05, 0) is 42.0 Å². The maximum absolute atomic E-state index is 12.1. The van der Waals surface area contributed by atoms with Crippen LogP contribution in [-0.4, -0.2) is 43.0 Å². The molecule has 0 atom stereocenters. The predicted octanol–water partition coefficient (Wildman–Crippen LogP) is 4.97. The fraction of sp³-hybridized carbons (Fsp3) is 0.120. The van der Waals surface area contributed by atoms with Gasteiger partial charge in [0.1, 0.15) is 17.9 Å². The zero-order valence-electron chi connectivity index (χ0n) is 18.9. The van der Waals surface area contributed by atoms with Crippen LogP contribution in [0.25, 0.3) is 0 Å². The maximum atomic E-state index is 12.1. The third-order valence-corrected chi connectivity index (χ3v) is 5.97. The highest BCUT2D eigenvalue weighted by Crippen LogP contribution is 2.28.